The summed E-state index contributed by atoms with van der Waals surface area (Å²) in [5, 5.41) is 2.93. The summed E-state index contributed by atoms with van der Waals surface area (Å²) in [5.41, 5.74) is 2.42. The summed E-state index contributed by atoms with van der Waals surface area (Å²) in [5.74, 6) is 2.82. The van der Waals surface area contributed by atoms with Crippen molar-refractivity contribution in [3.63, 3.8) is 0 Å². The molecule has 14 heavy (non-hydrogen) atoms. The third-order valence-corrected chi connectivity index (χ3v) is 1.73. The molecule has 0 amide bonds. The molecule has 0 saturated heterocycles. The molecule has 0 aliphatic carbocycles. The van der Waals surface area contributed by atoms with Crippen LogP contribution >= 0.6 is 12.2 Å². The molecule has 5 N–H and O–H groups in total. The molecule has 0 aromatic carbocycles. The predicted molar refractivity (Wildman–Crippen MR) is 52.9 cm³/mol. The molecule has 0 aliphatic rings. The van der Waals surface area contributed by atoms with Crippen LogP contribution in [-0.4, -0.2) is 30.5 Å². The Morgan fingerprint density at radius 2 is 2.07 bits per heavy atom. The number of hydrogen-bond acceptors (Lipinski definition) is 4. The lowest BCUT2D eigenvalue weighted by molar-refractivity contribution is -0.419. The molecule has 7 heteroatoms. The Bertz CT molecular complexity index is 210. The van der Waals surface area contributed by atoms with Gasteiger partial charge >= 0.3 is 5.97 Å². The second-order valence-corrected chi connectivity index (χ2v) is 2.88. The average Bonchev–Trinajstić information content (AvgIpc) is 2.22. The predicted octanol–water partition coefficient (Wildman–Crippen LogP) is -1.87. The minimum absolute atomic E-state index is 0.0956. The van der Waals surface area contributed by atoms with Crippen LogP contribution in [0.15, 0.2) is 0 Å². The van der Waals surface area contributed by atoms with Gasteiger partial charge in [-0.3, -0.25) is 15.4 Å². The molecular formula is C7H14N3O3S+. The molecule has 0 fully saturated rings. The van der Waals surface area contributed by atoms with Crippen LogP contribution in [0.3, 0.4) is 0 Å². The zero-order valence-electron chi connectivity index (χ0n) is 7.96. The third-order valence-electron chi connectivity index (χ3n) is 1.44. The Hall–Kier alpha value is -1.21. The van der Waals surface area contributed by atoms with Gasteiger partial charge in [-0.05, 0) is 12.2 Å². The molecule has 0 saturated carbocycles. The number of esters is 1. The second-order valence-electron chi connectivity index (χ2n) is 2.47. The van der Waals surface area contributed by atoms with Crippen LogP contribution in [0.2, 0.25) is 0 Å². The summed E-state index contributed by atoms with van der Waals surface area (Å²) in [7, 11) is 1.28. The Labute approximate surface area is 87.1 Å². The fourth-order valence-corrected chi connectivity index (χ4v) is 0.745. The van der Waals surface area contributed by atoms with E-state index in [1.54, 1.807) is 0 Å². The molecule has 0 aromatic rings. The van der Waals surface area contributed by atoms with E-state index in [1.165, 1.54) is 7.11 Å². The Morgan fingerprint density at radius 1 is 1.43 bits per heavy atom. The molecule has 0 unspecified atom stereocenters. The van der Waals surface area contributed by atoms with Gasteiger partial charge in [0.25, 0.3) is 0 Å². The van der Waals surface area contributed by atoms with Crippen molar-refractivity contribution in [2.75, 3.05) is 13.7 Å². The first kappa shape index (κ1) is 12.8. The summed E-state index contributed by atoms with van der Waals surface area (Å²) in [6, 6.07) is 0. The van der Waals surface area contributed by atoms with E-state index in [4.69, 9.17) is 12.2 Å². The molecule has 0 spiro atoms. The lowest BCUT2D eigenvalue weighted by Crippen LogP contribution is -2.69. The molecular weight excluding hydrogens is 206 g/mol. The number of thiocarbonyl (C=S) groups is 1. The molecule has 0 rings (SSSR count). The van der Waals surface area contributed by atoms with Crippen LogP contribution in [0.1, 0.15) is 12.8 Å². The zero-order valence-corrected chi connectivity index (χ0v) is 8.78. The van der Waals surface area contributed by atoms with Crippen LogP contribution in [-0.2, 0) is 14.3 Å². The van der Waals surface area contributed by atoms with Gasteiger partial charge in [0.15, 0.2) is 5.78 Å². The summed E-state index contributed by atoms with van der Waals surface area (Å²) >= 11 is 4.70. The number of carbonyl (C=O) groups excluding carboxylic acids is 2. The van der Waals surface area contributed by atoms with Crippen molar-refractivity contribution in [3.8, 4) is 0 Å². The second kappa shape index (κ2) is 7.22. The fourth-order valence-electron chi connectivity index (χ4n) is 0.673. The number of quaternary nitrogens is 1. The van der Waals surface area contributed by atoms with E-state index in [0.29, 0.717) is 5.11 Å². The summed E-state index contributed by atoms with van der Waals surface area (Å²) in [6.07, 6.45) is 0.251. The molecule has 0 heterocycles. The highest BCUT2D eigenvalue weighted by Crippen LogP contribution is 1.92. The summed E-state index contributed by atoms with van der Waals surface area (Å²) in [6.45, 7) is 0.0956. The Kier molecular flexibility index (Phi) is 6.59. The van der Waals surface area contributed by atoms with Gasteiger partial charge in [-0.15, -0.1) is 0 Å². The van der Waals surface area contributed by atoms with Crippen LogP contribution in [0, 0.1) is 0 Å². The number of ketones is 1. The minimum atomic E-state index is -0.392. The normalized spacial score (nSPS) is 9.00. The molecule has 0 radical (unpaired) electrons. The number of ether oxygens (including phenoxy) is 1. The van der Waals surface area contributed by atoms with Gasteiger partial charge in [-0.1, -0.05) is 0 Å². The van der Waals surface area contributed by atoms with Crippen molar-refractivity contribution < 1.29 is 20.2 Å². The monoisotopic (exact) mass is 220 g/mol. The van der Waals surface area contributed by atoms with Gasteiger partial charge in [0.1, 0.15) is 0 Å². The van der Waals surface area contributed by atoms with Gasteiger partial charge in [-0.25, -0.2) is 5.43 Å². The van der Waals surface area contributed by atoms with Crippen molar-refractivity contribution in [3.05, 3.63) is 0 Å². The molecule has 80 valence electrons. The van der Waals surface area contributed by atoms with E-state index in [9.17, 15) is 9.59 Å². The topological polar surface area (TPSA) is 95.1 Å². The number of rotatable bonds is 5. The Balaban J connectivity index is 3.56. The molecule has 0 aromatic heterocycles. The van der Waals surface area contributed by atoms with Gasteiger partial charge in [0.05, 0.1) is 20.1 Å². The van der Waals surface area contributed by atoms with Crippen molar-refractivity contribution in [2.45, 2.75) is 12.8 Å². The molecule has 0 bridgehead atoms. The van der Waals surface area contributed by atoms with Gasteiger partial charge in [0.2, 0.25) is 5.11 Å². The highest BCUT2D eigenvalue weighted by atomic mass is 32.1. The van der Waals surface area contributed by atoms with E-state index < -0.39 is 5.97 Å². The first-order valence-electron chi connectivity index (χ1n) is 3.99. The third kappa shape index (κ3) is 6.32. The van der Waals surface area contributed by atoms with Crippen molar-refractivity contribution >= 4 is 29.1 Å². The molecule has 6 nitrogen and oxygen atoms in total. The maximum Gasteiger partial charge on any atom is 0.305 e. The van der Waals surface area contributed by atoms with Crippen LogP contribution in [0.4, 0.5) is 0 Å². The van der Waals surface area contributed by atoms with Crippen LogP contribution < -0.4 is 16.6 Å². The fraction of sp³-hybridized carbons (Fsp3) is 0.571. The SMILES string of the molecule is COC(=O)CCC(=O)CNC(=S)N[NH3+]. The first-order valence-corrected chi connectivity index (χ1v) is 4.40. The van der Waals surface area contributed by atoms with E-state index >= 15 is 0 Å². The van der Waals surface area contributed by atoms with E-state index in [0.717, 1.165) is 0 Å². The highest BCUT2D eigenvalue weighted by molar-refractivity contribution is 7.80. The standard InChI is InChI=1S/C7H13N3O3S/c1-13-6(12)3-2-5(11)4-9-7(14)10-8/h2-4,8H2,1H3,(H2,9,10,14)/p+1. The number of methoxy groups -OCH3 is 1. The number of carbonyl (C=O) groups is 2. The largest absolute Gasteiger partial charge is 0.469 e. The molecule has 0 atom stereocenters. The van der Waals surface area contributed by atoms with Crippen molar-refractivity contribution in [1.29, 1.82) is 0 Å². The minimum Gasteiger partial charge on any atom is -0.469 e. The lowest BCUT2D eigenvalue weighted by atomic mass is 10.2. The quantitative estimate of drug-likeness (QED) is 0.285. The van der Waals surface area contributed by atoms with E-state index in [-0.39, 0.29) is 25.2 Å². The zero-order chi connectivity index (χ0) is 11.0. The van der Waals surface area contributed by atoms with E-state index in [1.807, 2.05) is 0 Å². The van der Waals surface area contributed by atoms with Crippen molar-refractivity contribution in [2.24, 2.45) is 0 Å². The van der Waals surface area contributed by atoms with E-state index in [2.05, 4.69) is 21.3 Å². The maximum absolute atomic E-state index is 11.1. The summed E-state index contributed by atoms with van der Waals surface area (Å²) in [4.78, 5) is 21.8. The lowest BCUT2D eigenvalue weighted by Gasteiger charge is -2.03. The number of hydrogen-bond donors (Lipinski definition) is 3. The van der Waals surface area contributed by atoms with Gasteiger partial charge in [0, 0.05) is 6.42 Å². The van der Waals surface area contributed by atoms with Gasteiger partial charge in [-0.2, -0.15) is 0 Å². The summed E-state index contributed by atoms with van der Waals surface area (Å²) < 4.78 is 4.39. The Morgan fingerprint density at radius 3 is 2.57 bits per heavy atom. The highest BCUT2D eigenvalue weighted by Gasteiger charge is 2.07. The van der Waals surface area contributed by atoms with Crippen molar-refractivity contribution in [1.82, 2.24) is 10.7 Å². The maximum atomic E-state index is 11.1. The smallest absolute Gasteiger partial charge is 0.305 e. The van der Waals surface area contributed by atoms with Crippen LogP contribution in [0.5, 0.6) is 0 Å². The molecule has 0 aliphatic heterocycles. The average molecular weight is 220 g/mol. The number of nitrogens with one attached hydrogen (secondary N) is 2. The van der Waals surface area contributed by atoms with Crippen LogP contribution in [0.25, 0.3) is 0 Å². The number of Topliss-reactive ketones (excluding diaryl/α,β-unsaturated/α-hetero) is 1. The first-order chi connectivity index (χ1) is 6.60. The van der Waals surface area contributed by atoms with Gasteiger partial charge < -0.3 is 10.1 Å².